The third-order valence-corrected chi connectivity index (χ3v) is 5.68. The zero-order chi connectivity index (χ0) is 23.4. The molecule has 0 saturated carbocycles. The minimum Gasteiger partial charge on any atom is -0.452 e. The summed E-state index contributed by atoms with van der Waals surface area (Å²) in [5.74, 6) is -0.892. The number of hydrogen-bond acceptors (Lipinski definition) is 4. The van der Waals surface area contributed by atoms with Gasteiger partial charge in [-0.2, -0.15) is 0 Å². The summed E-state index contributed by atoms with van der Waals surface area (Å²) in [6, 6.07) is 24.9. The molecule has 1 amide bonds. The van der Waals surface area contributed by atoms with Crippen molar-refractivity contribution in [2.24, 2.45) is 0 Å². The first-order valence-electron chi connectivity index (χ1n) is 10.9. The lowest BCUT2D eigenvalue weighted by Crippen LogP contribution is -2.31. The van der Waals surface area contributed by atoms with Crippen molar-refractivity contribution in [1.82, 2.24) is 10.3 Å². The van der Waals surface area contributed by atoms with Gasteiger partial charge in [-0.25, -0.2) is 9.78 Å². The van der Waals surface area contributed by atoms with Gasteiger partial charge in [0.1, 0.15) is 0 Å². The van der Waals surface area contributed by atoms with Crippen molar-refractivity contribution < 1.29 is 14.3 Å². The van der Waals surface area contributed by atoms with Crippen LogP contribution in [0.4, 0.5) is 0 Å². The average Bonchev–Trinajstić information content (AvgIpc) is 2.83. The number of rotatable bonds is 6. The molecule has 0 aliphatic rings. The third-order valence-electron chi connectivity index (χ3n) is 5.68. The van der Waals surface area contributed by atoms with E-state index >= 15 is 0 Å². The fourth-order valence-corrected chi connectivity index (χ4v) is 3.87. The Labute approximate surface area is 193 Å². The van der Waals surface area contributed by atoms with Crippen LogP contribution in [0.3, 0.4) is 0 Å². The molecule has 4 aromatic rings. The molecule has 0 radical (unpaired) electrons. The maximum atomic E-state index is 13.1. The van der Waals surface area contributed by atoms with E-state index in [0.29, 0.717) is 16.5 Å². The van der Waals surface area contributed by atoms with Crippen LogP contribution in [0.25, 0.3) is 22.2 Å². The first kappa shape index (κ1) is 22.2. The molecule has 4 rings (SSSR count). The fraction of sp³-hybridized carbons (Fsp3) is 0.179. The minimum atomic E-state index is -0.540. The number of carbonyl (C=O) groups is 2. The van der Waals surface area contributed by atoms with E-state index in [1.165, 1.54) is 0 Å². The van der Waals surface area contributed by atoms with Crippen LogP contribution < -0.4 is 5.32 Å². The van der Waals surface area contributed by atoms with E-state index in [1.807, 2.05) is 99.6 Å². The van der Waals surface area contributed by atoms with Crippen LogP contribution in [0, 0.1) is 13.8 Å². The third kappa shape index (κ3) is 4.93. The highest BCUT2D eigenvalue weighted by Crippen LogP contribution is 2.30. The molecule has 5 heteroatoms. The van der Waals surface area contributed by atoms with Gasteiger partial charge in [-0.1, -0.05) is 78.4 Å². The van der Waals surface area contributed by atoms with Crippen LogP contribution in [0.15, 0.2) is 78.9 Å². The quantitative estimate of drug-likeness (QED) is 0.401. The second kappa shape index (κ2) is 9.65. The SMILES string of the molecule is Cc1ccc(-c2nc3ccccc3c(C(=O)OCC(=O)N[C@@H](C)c3ccccc3)c2C)cc1. The molecule has 0 unspecified atom stereocenters. The first-order chi connectivity index (χ1) is 15.9. The molecule has 33 heavy (non-hydrogen) atoms. The highest BCUT2D eigenvalue weighted by atomic mass is 16.5. The molecule has 0 aliphatic heterocycles. The molecule has 0 spiro atoms. The number of para-hydroxylation sites is 1. The van der Waals surface area contributed by atoms with Crippen molar-refractivity contribution in [2.45, 2.75) is 26.8 Å². The molecule has 0 fully saturated rings. The number of hydrogen-bond donors (Lipinski definition) is 1. The van der Waals surface area contributed by atoms with Crippen LogP contribution in [0.2, 0.25) is 0 Å². The highest BCUT2D eigenvalue weighted by Gasteiger charge is 2.21. The summed E-state index contributed by atoms with van der Waals surface area (Å²) >= 11 is 0. The lowest BCUT2D eigenvalue weighted by atomic mass is 9.97. The van der Waals surface area contributed by atoms with Crippen LogP contribution in [-0.2, 0) is 9.53 Å². The molecule has 1 N–H and O–H groups in total. The minimum absolute atomic E-state index is 0.186. The van der Waals surface area contributed by atoms with Crippen molar-refractivity contribution in [3.63, 3.8) is 0 Å². The molecule has 3 aromatic carbocycles. The summed E-state index contributed by atoms with van der Waals surface area (Å²) < 4.78 is 5.45. The van der Waals surface area contributed by atoms with Crippen LogP contribution in [0.1, 0.15) is 40.0 Å². The number of ether oxygens (including phenoxy) is 1. The van der Waals surface area contributed by atoms with E-state index in [-0.39, 0.29) is 18.6 Å². The summed E-state index contributed by atoms with van der Waals surface area (Å²) in [7, 11) is 0. The van der Waals surface area contributed by atoms with Crippen molar-refractivity contribution in [3.8, 4) is 11.3 Å². The van der Waals surface area contributed by atoms with Gasteiger partial charge in [-0.15, -0.1) is 0 Å². The van der Waals surface area contributed by atoms with Gasteiger partial charge in [-0.05, 0) is 38.0 Å². The number of esters is 1. The van der Waals surface area contributed by atoms with E-state index < -0.39 is 5.97 Å². The van der Waals surface area contributed by atoms with Gasteiger partial charge in [0.05, 0.1) is 22.8 Å². The average molecular weight is 439 g/mol. The number of aromatic nitrogens is 1. The summed E-state index contributed by atoms with van der Waals surface area (Å²) in [5, 5.41) is 3.57. The molecule has 0 aliphatic carbocycles. The summed E-state index contributed by atoms with van der Waals surface area (Å²) in [5.41, 5.74) is 5.63. The number of benzene rings is 3. The van der Waals surface area contributed by atoms with Gasteiger partial charge in [0, 0.05) is 10.9 Å². The van der Waals surface area contributed by atoms with E-state index in [4.69, 9.17) is 9.72 Å². The second-order valence-electron chi connectivity index (χ2n) is 8.12. The predicted octanol–water partition coefficient (Wildman–Crippen LogP) is 5.55. The van der Waals surface area contributed by atoms with Gasteiger partial charge in [0.25, 0.3) is 5.91 Å². The van der Waals surface area contributed by atoms with Gasteiger partial charge >= 0.3 is 5.97 Å². The molecule has 0 saturated heterocycles. The van der Waals surface area contributed by atoms with Crippen molar-refractivity contribution in [2.75, 3.05) is 6.61 Å². The topological polar surface area (TPSA) is 68.3 Å². The fourth-order valence-electron chi connectivity index (χ4n) is 3.87. The molecular formula is C28H26N2O3. The number of aryl methyl sites for hydroxylation is 1. The first-order valence-corrected chi connectivity index (χ1v) is 10.9. The number of nitrogens with one attached hydrogen (secondary N) is 1. The normalized spacial score (nSPS) is 11.7. The molecular weight excluding hydrogens is 412 g/mol. The predicted molar refractivity (Wildman–Crippen MR) is 130 cm³/mol. The highest BCUT2D eigenvalue weighted by molar-refractivity contribution is 6.06. The summed E-state index contributed by atoms with van der Waals surface area (Å²) in [6.07, 6.45) is 0. The largest absolute Gasteiger partial charge is 0.452 e. The van der Waals surface area contributed by atoms with E-state index in [1.54, 1.807) is 0 Å². The standard InChI is InChI=1S/C28H26N2O3/c1-18-13-15-22(16-14-18)27-19(2)26(23-11-7-8-12-24(23)30-27)28(32)33-17-25(31)29-20(3)21-9-5-4-6-10-21/h4-16,20H,17H2,1-3H3,(H,29,31)/t20-/m0/s1. The Kier molecular flexibility index (Phi) is 6.50. The Morgan fingerprint density at radius 1 is 0.909 bits per heavy atom. The Morgan fingerprint density at radius 3 is 2.30 bits per heavy atom. The second-order valence-corrected chi connectivity index (χ2v) is 8.12. The van der Waals surface area contributed by atoms with E-state index in [0.717, 1.165) is 27.9 Å². The monoisotopic (exact) mass is 438 g/mol. The molecule has 1 heterocycles. The Morgan fingerprint density at radius 2 is 1.58 bits per heavy atom. The van der Waals surface area contributed by atoms with Gasteiger partial charge in [0.2, 0.25) is 0 Å². The Hall–Kier alpha value is -3.99. The Bertz CT molecular complexity index is 1300. The molecule has 166 valence electrons. The number of nitrogens with zero attached hydrogens (tertiary/aromatic N) is 1. The molecule has 1 atom stereocenters. The Balaban J connectivity index is 1.58. The molecule has 5 nitrogen and oxygen atoms in total. The molecule has 1 aromatic heterocycles. The van der Waals surface area contributed by atoms with Crippen molar-refractivity contribution >= 4 is 22.8 Å². The van der Waals surface area contributed by atoms with E-state index in [9.17, 15) is 9.59 Å². The van der Waals surface area contributed by atoms with E-state index in [2.05, 4.69) is 5.32 Å². The van der Waals surface area contributed by atoms with Crippen molar-refractivity contribution in [3.05, 3.63) is 101 Å². The number of amides is 1. The number of fused-ring (bicyclic) bond motifs is 1. The lowest BCUT2D eigenvalue weighted by molar-refractivity contribution is -0.124. The van der Waals surface area contributed by atoms with Crippen LogP contribution in [0.5, 0.6) is 0 Å². The summed E-state index contributed by atoms with van der Waals surface area (Å²) in [4.78, 5) is 30.4. The summed E-state index contributed by atoms with van der Waals surface area (Å²) in [6.45, 7) is 5.43. The zero-order valence-electron chi connectivity index (χ0n) is 19.0. The van der Waals surface area contributed by atoms with Gasteiger partial charge in [0.15, 0.2) is 6.61 Å². The van der Waals surface area contributed by atoms with Gasteiger partial charge in [-0.3, -0.25) is 4.79 Å². The number of carbonyl (C=O) groups excluding carboxylic acids is 2. The van der Waals surface area contributed by atoms with Crippen LogP contribution >= 0.6 is 0 Å². The maximum Gasteiger partial charge on any atom is 0.339 e. The van der Waals surface area contributed by atoms with Gasteiger partial charge < -0.3 is 10.1 Å². The maximum absolute atomic E-state index is 13.1. The van der Waals surface area contributed by atoms with Crippen molar-refractivity contribution in [1.29, 1.82) is 0 Å². The van der Waals surface area contributed by atoms with Crippen LogP contribution in [-0.4, -0.2) is 23.5 Å². The smallest absolute Gasteiger partial charge is 0.339 e. The molecule has 0 bridgehead atoms. The lowest BCUT2D eigenvalue weighted by Gasteiger charge is -2.16. The zero-order valence-corrected chi connectivity index (χ0v) is 19.0. The number of pyridine rings is 1.